The smallest absolute Gasteiger partial charge is 0.0690 e. The van der Waals surface area contributed by atoms with E-state index in [1.807, 2.05) is 0 Å². The molecule has 0 saturated carbocycles. The molecule has 0 spiro atoms. The van der Waals surface area contributed by atoms with Crippen molar-refractivity contribution in [1.82, 2.24) is 15.4 Å². The van der Waals surface area contributed by atoms with E-state index in [1.165, 1.54) is 64.2 Å². The molecular formula is C20H43N3P+. The Kier molecular flexibility index (Phi) is 17.1. The van der Waals surface area contributed by atoms with Crippen molar-refractivity contribution in [2.24, 2.45) is 0 Å². The highest BCUT2D eigenvalue weighted by molar-refractivity contribution is 7.75. The molecule has 0 unspecified atom stereocenters. The van der Waals surface area contributed by atoms with Crippen molar-refractivity contribution in [3.05, 3.63) is 12.4 Å². The number of aromatic amines is 1. The highest BCUT2D eigenvalue weighted by Crippen LogP contribution is 2.61. The largest absolute Gasteiger partial charge is 0.198 e. The summed E-state index contributed by atoms with van der Waals surface area (Å²) in [6.45, 7) is 9.43. The molecular weight excluding hydrogens is 313 g/mol. The lowest BCUT2D eigenvalue weighted by molar-refractivity contribution is 0.699. The Morgan fingerprint density at radius 2 is 1.00 bits per heavy atom. The second-order valence-electron chi connectivity index (χ2n) is 7.01. The number of H-pyrrole nitrogens is 1. The first-order chi connectivity index (χ1) is 11.7. The first kappa shape index (κ1) is 23.6. The van der Waals surface area contributed by atoms with Crippen molar-refractivity contribution < 1.29 is 0 Å². The SMILES string of the molecule is CCCCCC[P+](CCCC)(CCCC)CCCC.c1cn[nH]n1. The number of nitrogens with one attached hydrogen (secondary N) is 1. The maximum absolute atomic E-state index is 3.49. The van der Waals surface area contributed by atoms with E-state index in [4.69, 9.17) is 0 Å². The fourth-order valence-corrected chi connectivity index (χ4v) is 8.39. The lowest BCUT2D eigenvalue weighted by Crippen LogP contribution is -2.12. The Morgan fingerprint density at radius 1 is 0.583 bits per heavy atom. The molecule has 3 nitrogen and oxygen atoms in total. The molecule has 142 valence electrons. The summed E-state index contributed by atoms with van der Waals surface area (Å²) >= 11 is 0. The Hall–Kier alpha value is -0.430. The summed E-state index contributed by atoms with van der Waals surface area (Å²) in [5.41, 5.74) is 0. The summed E-state index contributed by atoms with van der Waals surface area (Å²) in [7, 11) is -0.586. The Labute approximate surface area is 152 Å². The molecule has 24 heavy (non-hydrogen) atoms. The number of rotatable bonds is 14. The minimum atomic E-state index is -0.586. The standard InChI is InChI=1S/C18H40P.C2H3N3/c1-5-9-13-14-18-19(15-10-6-2,16-11-7-3)17-12-8-4;1-2-4-5-3-1/h5-18H2,1-4H3;1-2H,(H,3,4,5)/q+1;. The van der Waals surface area contributed by atoms with E-state index < -0.39 is 7.26 Å². The van der Waals surface area contributed by atoms with Crippen molar-refractivity contribution in [2.75, 3.05) is 24.6 Å². The fourth-order valence-electron chi connectivity index (χ4n) is 3.19. The topological polar surface area (TPSA) is 41.6 Å². The highest BCUT2D eigenvalue weighted by Gasteiger charge is 2.34. The van der Waals surface area contributed by atoms with Gasteiger partial charge >= 0.3 is 0 Å². The first-order valence-corrected chi connectivity index (χ1v) is 12.9. The van der Waals surface area contributed by atoms with Gasteiger partial charge in [-0.25, -0.2) is 0 Å². The van der Waals surface area contributed by atoms with Gasteiger partial charge in [-0.3, -0.25) is 0 Å². The molecule has 0 saturated heterocycles. The number of aromatic nitrogens is 3. The molecule has 0 radical (unpaired) electrons. The Bertz CT molecular complexity index is 289. The first-order valence-electron chi connectivity index (χ1n) is 10.4. The molecule has 0 aromatic carbocycles. The van der Waals surface area contributed by atoms with Gasteiger partial charge in [0.15, 0.2) is 0 Å². The van der Waals surface area contributed by atoms with Crippen molar-refractivity contribution in [2.45, 2.75) is 91.9 Å². The van der Waals surface area contributed by atoms with E-state index in [1.54, 1.807) is 37.0 Å². The summed E-state index contributed by atoms with van der Waals surface area (Å²) < 4.78 is 0. The zero-order valence-electron chi connectivity index (χ0n) is 16.9. The molecule has 0 bridgehead atoms. The van der Waals surface area contributed by atoms with Gasteiger partial charge in [-0.15, -0.1) is 0 Å². The third kappa shape index (κ3) is 12.9. The summed E-state index contributed by atoms with van der Waals surface area (Å²) in [4.78, 5) is 0. The van der Waals surface area contributed by atoms with Crippen LogP contribution in [0.1, 0.15) is 91.9 Å². The summed E-state index contributed by atoms with van der Waals surface area (Å²) in [6, 6.07) is 0. The molecule has 1 aromatic heterocycles. The Morgan fingerprint density at radius 3 is 1.33 bits per heavy atom. The molecule has 1 rings (SSSR count). The molecule has 0 aliphatic heterocycles. The predicted octanol–water partition coefficient (Wildman–Crippen LogP) is 6.79. The summed E-state index contributed by atoms with van der Waals surface area (Å²) in [6.07, 6.45) is 24.1. The highest BCUT2D eigenvalue weighted by atomic mass is 31.2. The maximum atomic E-state index is 3.49. The molecule has 0 fully saturated rings. The third-order valence-corrected chi connectivity index (χ3v) is 9.83. The molecule has 0 aliphatic rings. The lowest BCUT2D eigenvalue weighted by Gasteiger charge is -2.28. The molecule has 1 N–H and O–H groups in total. The van der Waals surface area contributed by atoms with Crippen molar-refractivity contribution in [3.63, 3.8) is 0 Å². The predicted molar refractivity (Wildman–Crippen MR) is 112 cm³/mol. The van der Waals surface area contributed by atoms with Crippen LogP contribution in [0, 0.1) is 0 Å². The van der Waals surface area contributed by atoms with Crippen LogP contribution in [-0.2, 0) is 0 Å². The van der Waals surface area contributed by atoms with Crippen LogP contribution in [-0.4, -0.2) is 40.1 Å². The van der Waals surface area contributed by atoms with Crippen LogP contribution in [0.3, 0.4) is 0 Å². The number of hydrogen-bond donors (Lipinski definition) is 1. The van der Waals surface area contributed by atoms with Crippen LogP contribution >= 0.6 is 7.26 Å². The fraction of sp³-hybridized carbons (Fsp3) is 0.900. The van der Waals surface area contributed by atoms with Gasteiger partial charge in [-0.05, 0) is 32.1 Å². The van der Waals surface area contributed by atoms with Gasteiger partial charge in [0.25, 0.3) is 0 Å². The van der Waals surface area contributed by atoms with Crippen LogP contribution in [0.2, 0.25) is 0 Å². The Balaban J connectivity index is 0.000000889. The monoisotopic (exact) mass is 356 g/mol. The van der Waals surface area contributed by atoms with Crippen LogP contribution in [0.5, 0.6) is 0 Å². The van der Waals surface area contributed by atoms with Gasteiger partial charge in [0, 0.05) is 7.26 Å². The quantitative estimate of drug-likeness (QED) is 0.294. The van der Waals surface area contributed by atoms with Gasteiger partial charge in [-0.1, -0.05) is 59.8 Å². The number of hydrogen-bond acceptors (Lipinski definition) is 2. The zero-order chi connectivity index (χ0) is 17.9. The van der Waals surface area contributed by atoms with Crippen molar-refractivity contribution in [1.29, 1.82) is 0 Å². The average Bonchev–Trinajstić information content (AvgIpc) is 3.19. The van der Waals surface area contributed by atoms with Gasteiger partial charge in [0.1, 0.15) is 0 Å². The van der Waals surface area contributed by atoms with Crippen LogP contribution < -0.4 is 0 Å². The number of unbranched alkanes of at least 4 members (excludes halogenated alkanes) is 6. The lowest BCUT2D eigenvalue weighted by atomic mass is 10.2. The average molecular weight is 357 g/mol. The van der Waals surface area contributed by atoms with E-state index in [-0.39, 0.29) is 0 Å². The second kappa shape index (κ2) is 17.4. The maximum Gasteiger partial charge on any atom is 0.0690 e. The van der Waals surface area contributed by atoms with E-state index >= 15 is 0 Å². The molecule has 1 heterocycles. The third-order valence-electron chi connectivity index (χ3n) is 4.78. The second-order valence-corrected chi connectivity index (χ2v) is 11.5. The van der Waals surface area contributed by atoms with E-state index in [0.717, 1.165) is 0 Å². The van der Waals surface area contributed by atoms with E-state index in [0.29, 0.717) is 0 Å². The van der Waals surface area contributed by atoms with Crippen molar-refractivity contribution >= 4 is 7.26 Å². The summed E-state index contributed by atoms with van der Waals surface area (Å²) in [5, 5.41) is 9.33. The van der Waals surface area contributed by atoms with Gasteiger partial charge < -0.3 is 0 Å². The molecule has 0 atom stereocenters. The molecule has 0 amide bonds. The van der Waals surface area contributed by atoms with Gasteiger partial charge in [0.2, 0.25) is 0 Å². The van der Waals surface area contributed by atoms with E-state index in [9.17, 15) is 0 Å². The van der Waals surface area contributed by atoms with Gasteiger partial charge in [-0.2, -0.15) is 15.4 Å². The van der Waals surface area contributed by atoms with Crippen LogP contribution in [0.25, 0.3) is 0 Å². The minimum absolute atomic E-state index is 0.586. The van der Waals surface area contributed by atoms with Crippen molar-refractivity contribution in [3.8, 4) is 0 Å². The van der Waals surface area contributed by atoms with E-state index in [2.05, 4.69) is 43.1 Å². The number of nitrogens with zero attached hydrogens (tertiary/aromatic N) is 2. The minimum Gasteiger partial charge on any atom is -0.198 e. The van der Waals surface area contributed by atoms with Crippen LogP contribution in [0.15, 0.2) is 12.4 Å². The van der Waals surface area contributed by atoms with Crippen LogP contribution in [0.4, 0.5) is 0 Å². The summed E-state index contributed by atoms with van der Waals surface area (Å²) in [5.74, 6) is 0. The zero-order valence-corrected chi connectivity index (χ0v) is 17.8. The molecule has 4 heteroatoms. The molecule has 1 aromatic rings. The van der Waals surface area contributed by atoms with Gasteiger partial charge in [0.05, 0.1) is 37.0 Å². The normalized spacial score (nSPS) is 11.2. The molecule has 0 aliphatic carbocycles.